The number of hydrogen-bond acceptors (Lipinski definition) is 5. The molecule has 140 valence electrons. The van der Waals surface area contributed by atoms with Crippen LogP contribution in [0.4, 0.5) is 5.69 Å². The second kappa shape index (κ2) is 7.34. The van der Waals surface area contributed by atoms with Gasteiger partial charge >= 0.3 is 0 Å². The highest BCUT2D eigenvalue weighted by Crippen LogP contribution is 2.47. The van der Waals surface area contributed by atoms with Gasteiger partial charge in [-0.25, -0.2) is 0 Å². The number of rotatable bonds is 5. The maximum absolute atomic E-state index is 12.6. The van der Waals surface area contributed by atoms with Crippen molar-refractivity contribution in [3.8, 4) is 11.8 Å². The van der Waals surface area contributed by atoms with Gasteiger partial charge in [0, 0.05) is 13.2 Å². The van der Waals surface area contributed by atoms with Crippen LogP contribution in [0.15, 0.2) is 35.3 Å². The van der Waals surface area contributed by atoms with E-state index in [1.807, 2.05) is 24.3 Å². The van der Waals surface area contributed by atoms with E-state index in [9.17, 15) is 10.1 Å². The SMILES string of the molecule is N#CC1(c2ccc(-n3ncc(NC[C@@H]4CCCOC4)c(Cl)c3=O)cc2)CC1. The van der Waals surface area contributed by atoms with Gasteiger partial charge in [-0.3, -0.25) is 4.79 Å². The minimum absolute atomic E-state index is 0.126. The Morgan fingerprint density at radius 3 is 2.78 bits per heavy atom. The van der Waals surface area contributed by atoms with Crippen molar-refractivity contribution in [2.75, 3.05) is 25.1 Å². The van der Waals surface area contributed by atoms with Crippen LogP contribution >= 0.6 is 11.6 Å². The summed E-state index contributed by atoms with van der Waals surface area (Å²) in [5.41, 5.74) is 1.45. The second-order valence-corrected chi connectivity index (χ2v) is 7.67. The molecule has 1 aliphatic carbocycles. The molecule has 0 amide bonds. The molecule has 0 spiro atoms. The van der Waals surface area contributed by atoms with E-state index in [2.05, 4.69) is 16.5 Å². The molecule has 1 aromatic carbocycles. The third-order valence-electron chi connectivity index (χ3n) is 5.38. The second-order valence-electron chi connectivity index (χ2n) is 7.29. The molecule has 4 rings (SSSR count). The molecule has 1 N–H and O–H groups in total. The third-order valence-corrected chi connectivity index (χ3v) is 5.75. The fourth-order valence-corrected chi connectivity index (χ4v) is 3.67. The van der Waals surface area contributed by atoms with Crippen LogP contribution in [-0.4, -0.2) is 29.5 Å². The number of anilines is 1. The van der Waals surface area contributed by atoms with Gasteiger partial charge in [-0.05, 0) is 49.3 Å². The Kier molecular flexibility index (Phi) is 4.90. The van der Waals surface area contributed by atoms with E-state index < -0.39 is 0 Å². The summed E-state index contributed by atoms with van der Waals surface area (Å²) in [6, 6.07) is 9.78. The Bertz CT molecular complexity index is 922. The van der Waals surface area contributed by atoms with Crippen molar-refractivity contribution in [2.45, 2.75) is 31.1 Å². The van der Waals surface area contributed by atoms with Gasteiger partial charge in [0.2, 0.25) is 0 Å². The highest BCUT2D eigenvalue weighted by molar-refractivity contribution is 6.32. The minimum Gasteiger partial charge on any atom is -0.382 e. The number of hydrogen-bond donors (Lipinski definition) is 1. The van der Waals surface area contributed by atoms with Gasteiger partial charge in [-0.2, -0.15) is 15.0 Å². The lowest BCUT2D eigenvalue weighted by Crippen LogP contribution is -2.26. The van der Waals surface area contributed by atoms with Crippen molar-refractivity contribution in [3.63, 3.8) is 0 Å². The van der Waals surface area contributed by atoms with E-state index in [0.29, 0.717) is 23.8 Å². The predicted octanol–water partition coefficient (Wildman–Crippen LogP) is 3.28. The molecule has 6 nitrogen and oxygen atoms in total. The quantitative estimate of drug-likeness (QED) is 0.855. The molecule has 0 bridgehead atoms. The average Bonchev–Trinajstić information content (AvgIpc) is 3.51. The summed E-state index contributed by atoms with van der Waals surface area (Å²) >= 11 is 6.29. The Morgan fingerprint density at radius 2 is 2.15 bits per heavy atom. The maximum atomic E-state index is 12.6. The lowest BCUT2D eigenvalue weighted by Gasteiger charge is -2.22. The molecule has 2 aromatic rings. The van der Waals surface area contributed by atoms with Crippen molar-refractivity contribution in [2.24, 2.45) is 5.92 Å². The smallest absolute Gasteiger partial charge is 0.292 e. The summed E-state index contributed by atoms with van der Waals surface area (Å²) in [5, 5.41) is 16.9. The molecule has 2 heterocycles. The summed E-state index contributed by atoms with van der Waals surface area (Å²) in [4.78, 5) is 12.6. The fourth-order valence-electron chi connectivity index (χ4n) is 3.47. The van der Waals surface area contributed by atoms with Crippen LogP contribution in [0.3, 0.4) is 0 Å². The van der Waals surface area contributed by atoms with Gasteiger partial charge in [0.25, 0.3) is 5.56 Å². The lowest BCUT2D eigenvalue weighted by molar-refractivity contribution is 0.0595. The molecule has 1 saturated heterocycles. The van der Waals surface area contributed by atoms with Crippen molar-refractivity contribution < 1.29 is 4.74 Å². The number of ether oxygens (including phenoxy) is 1. The molecule has 1 atom stereocenters. The Labute approximate surface area is 162 Å². The fraction of sp³-hybridized carbons (Fsp3) is 0.450. The van der Waals surface area contributed by atoms with Crippen LogP contribution < -0.4 is 10.9 Å². The molecule has 1 saturated carbocycles. The van der Waals surface area contributed by atoms with Crippen molar-refractivity contribution in [3.05, 3.63) is 51.4 Å². The van der Waals surface area contributed by atoms with Crippen molar-refractivity contribution >= 4 is 17.3 Å². The Balaban J connectivity index is 1.51. The zero-order chi connectivity index (χ0) is 18.9. The number of halogens is 1. The standard InChI is InChI=1S/C20H21ClN4O2/c21-18-17(23-10-14-2-1-9-27-12-14)11-24-25(19(18)26)16-5-3-15(4-6-16)20(13-22)7-8-20/h3-6,11,14,23H,1-2,7-10,12H2/t14-/m0/s1. The molecule has 1 aliphatic heterocycles. The third kappa shape index (κ3) is 3.58. The monoisotopic (exact) mass is 384 g/mol. The predicted molar refractivity (Wildman–Crippen MR) is 103 cm³/mol. The number of benzene rings is 1. The summed E-state index contributed by atoms with van der Waals surface area (Å²) in [6.45, 7) is 2.25. The highest BCUT2D eigenvalue weighted by Gasteiger charge is 2.44. The van der Waals surface area contributed by atoms with E-state index in [1.165, 1.54) is 4.68 Å². The van der Waals surface area contributed by atoms with Crippen molar-refractivity contribution in [1.29, 1.82) is 5.26 Å². The Hall–Kier alpha value is -2.36. The van der Waals surface area contributed by atoms with Crippen LogP contribution in [0.5, 0.6) is 0 Å². The summed E-state index contributed by atoms with van der Waals surface area (Å²) in [6.07, 6.45) is 5.52. The number of nitrogens with zero attached hydrogens (tertiary/aromatic N) is 3. The highest BCUT2D eigenvalue weighted by atomic mass is 35.5. The average molecular weight is 385 g/mol. The van der Waals surface area contributed by atoms with Crippen LogP contribution in [0.2, 0.25) is 5.02 Å². The molecule has 1 aromatic heterocycles. The number of nitriles is 1. The Morgan fingerprint density at radius 1 is 1.37 bits per heavy atom. The molecule has 2 aliphatic rings. The largest absolute Gasteiger partial charge is 0.382 e. The van der Waals surface area contributed by atoms with E-state index in [4.69, 9.17) is 16.3 Å². The van der Waals surface area contributed by atoms with Gasteiger partial charge in [0.05, 0.1) is 35.7 Å². The van der Waals surface area contributed by atoms with Gasteiger partial charge in [-0.1, -0.05) is 23.7 Å². The normalized spacial score (nSPS) is 20.7. The lowest BCUT2D eigenvalue weighted by atomic mass is 9.98. The minimum atomic E-state index is -0.365. The van der Waals surface area contributed by atoms with E-state index in [0.717, 1.165) is 44.5 Å². The molecule has 27 heavy (non-hydrogen) atoms. The summed E-state index contributed by atoms with van der Waals surface area (Å²) < 4.78 is 6.76. The van der Waals surface area contributed by atoms with E-state index >= 15 is 0 Å². The molecule has 7 heteroatoms. The first-order valence-electron chi connectivity index (χ1n) is 9.24. The number of nitrogens with one attached hydrogen (secondary N) is 1. The van der Waals surface area contributed by atoms with Crippen LogP contribution in [-0.2, 0) is 10.2 Å². The van der Waals surface area contributed by atoms with Gasteiger partial charge in [-0.15, -0.1) is 0 Å². The maximum Gasteiger partial charge on any atom is 0.292 e. The van der Waals surface area contributed by atoms with E-state index in [1.54, 1.807) is 6.20 Å². The summed E-state index contributed by atoms with van der Waals surface area (Å²) in [5.74, 6) is 0.416. The topological polar surface area (TPSA) is 79.9 Å². The van der Waals surface area contributed by atoms with Crippen LogP contribution in [0, 0.1) is 17.2 Å². The molecule has 0 unspecified atom stereocenters. The first kappa shape index (κ1) is 18.0. The summed E-state index contributed by atoms with van der Waals surface area (Å²) in [7, 11) is 0. The molecule has 0 radical (unpaired) electrons. The molecular weight excluding hydrogens is 364 g/mol. The van der Waals surface area contributed by atoms with Gasteiger partial charge in [0.15, 0.2) is 0 Å². The molecular formula is C20H21ClN4O2. The van der Waals surface area contributed by atoms with Gasteiger partial charge in [0.1, 0.15) is 5.02 Å². The van der Waals surface area contributed by atoms with Gasteiger partial charge < -0.3 is 10.1 Å². The zero-order valence-corrected chi connectivity index (χ0v) is 15.7. The van der Waals surface area contributed by atoms with E-state index in [-0.39, 0.29) is 16.0 Å². The van der Waals surface area contributed by atoms with Crippen molar-refractivity contribution in [1.82, 2.24) is 9.78 Å². The number of aromatic nitrogens is 2. The zero-order valence-electron chi connectivity index (χ0n) is 14.9. The first-order chi connectivity index (χ1) is 13.1. The first-order valence-corrected chi connectivity index (χ1v) is 9.62. The van der Waals surface area contributed by atoms with Crippen LogP contribution in [0.25, 0.3) is 5.69 Å². The van der Waals surface area contributed by atoms with Crippen LogP contribution in [0.1, 0.15) is 31.2 Å². The molecule has 2 fully saturated rings.